The zero-order valence-electron chi connectivity index (χ0n) is 13.0. The molecule has 0 saturated carbocycles. The predicted molar refractivity (Wildman–Crippen MR) is 93.1 cm³/mol. The number of amides is 1. The van der Waals surface area contributed by atoms with E-state index < -0.39 is 0 Å². The van der Waals surface area contributed by atoms with Crippen LogP contribution >= 0.6 is 23.4 Å². The van der Waals surface area contributed by atoms with Crippen molar-refractivity contribution in [2.75, 3.05) is 13.1 Å². The molecule has 0 saturated heterocycles. The Morgan fingerprint density at radius 1 is 1.26 bits per heavy atom. The smallest absolute Gasteiger partial charge is 0.271 e. The zero-order chi connectivity index (χ0) is 16.7. The number of carbonyl (C=O) groups is 1. The van der Waals surface area contributed by atoms with Crippen molar-refractivity contribution in [1.82, 2.24) is 20.8 Å². The van der Waals surface area contributed by atoms with Crippen LogP contribution in [-0.2, 0) is 0 Å². The number of aromatic nitrogens is 2. The maximum absolute atomic E-state index is 12.0. The Morgan fingerprint density at radius 2 is 2.04 bits per heavy atom. The van der Waals surface area contributed by atoms with Gasteiger partial charge >= 0.3 is 0 Å². The van der Waals surface area contributed by atoms with Crippen molar-refractivity contribution in [3.8, 4) is 0 Å². The number of benzene rings is 1. The van der Waals surface area contributed by atoms with E-state index in [4.69, 9.17) is 11.6 Å². The average molecular weight is 351 g/mol. The van der Waals surface area contributed by atoms with E-state index in [9.17, 15) is 4.79 Å². The third-order valence-corrected chi connectivity index (χ3v) is 4.49. The van der Waals surface area contributed by atoms with Gasteiger partial charge in [0, 0.05) is 17.5 Å². The lowest BCUT2D eigenvalue weighted by atomic mass is 10.3. The van der Waals surface area contributed by atoms with Gasteiger partial charge in [-0.05, 0) is 37.7 Å². The summed E-state index contributed by atoms with van der Waals surface area (Å²) in [4.78, 5) is 12.9. The van der Waals surface area contributed by atoms with Gasteiger partial charge in [-0.25, -0.2) is 0 Å². The second kappa shape index (κ2) is 8.86. The van der Waals surface area contributed by atoms with E-state index in [2.05, 4.69) is 20.8 Å². The maximum Gasteiger partial charge on any atom is 0.271 e. The maximum atomic E-state index is 12.0. The van der Waals surface area contributed by atoms with Crippen LogP contribution in [0.15, 0.2) is 46.3 Å². The van der Waals surface area contributed by atoms with Crippen molar-refractivity contribution in [3.63, 3.8) is 0 Å². The molecule has 1 atom stereocenters. The van der Waals surface area contributed by atoms with E-state index in [1.54, 1.807) is 12.1 Å². The molecule has 2 rings (SSSR count). The van der Waals surface area contributed by atoms with E-state index in [0.29, 0.717) is 22.3 Å². The molecule has 0 bridgehead atoms. The topological polar surface area (TPSA) is 66.9 Å². The molecule has 0 radical (unpaired) electrons. The Kier molecular flexibility index (Phi) is 6.83. The molecule has 1 heterocycles. The molecule has 1 amide bonds. The summed E-state index contributed by atoms with van der Waals surface area (Å²) in [5, 5.41) is 15.5. The molecule has 0 unspecified atom stereocenters. The number of halogens is 1. The van der Waals surface area contributed by atoms with E-state index in [-0.39, 0.29) is 11.9 Å². The summed E-state index contributed by atoms with van der Waals surface area (Å²) in [7, 11) is 0. The summed E-state index contributed by atoms with van der Waals surface area (Å²) in [6.07, 6.45) is 0. The van der Waals surface area contributed by atoms with Crippen molar-refractivity contribution < 1.29 is 4.79 Å². The molecule has 0 aliphatic carbocycles. The largest absolute Gasteiger partial charge is 0.349 e. The monoisotopic (exact) mass is 350 g/mol. The number of nitrogens with one attached hydrogen (secondary N) is 2. The van der Waals surface area contributed by atoms with Crippen LogP contribution in [0.25, 0.3) is 0 Å². The van der Waals surface area contributed by atoms with Gasteiger partial charge in [0.05, 0.1) is 5.02 Å². The SMILES string of the molecule is CCN[C@H](C)CNC(=O)c1ccc(Sc2ccccc2Cl)nn1. The molecular formula is C16H19ClN4OS. The predicted octanol–water partition coefficient (Wildman–Crippen LogP) is 3.01. The Hall–Kier alpha value is -1.63. The Morgan fingerprint density at radius 3 is 2.70 bits per heavy atom. The first-order valence-electron chi connectivity index (χ1n) is 7.38. The van der Waals surface area contributed by atoms with Gasteiger partial charge in [0.25, 0.3) is 5.91 Å². The molecule has 1 aromatic carbocycles. The quantitative estimate of drug-likeness (QED) is 0.803. The first-order chi connectivity index (χ1) is 11.1. The fourth-order valence-electron chi connectivity index (χ4n) is 1.89. The third kappa shape index (κ3) is 5.49. The highest BCUT2D eigenvalue weighted by atomic mass is 35.5. The van der Waals surface area contributed by atoms with Gasteiger partial charge < -0.3 is 10.6 Å². The van der Waals surface area contributed by atoms with Gasteiger partial charge in [-0.2, -0.15) is 0 Å². The molecule has 0 aliphatic rings. The van der Waals surface area contributed by atoms with Crippen LogP contribution in [0.3, 0.4) is 0 Å². The van der Waals surface area contributed by atoms with Crippen molar-refractivity contribution in [1.29, 1.82) is 0 Å². The standard InChI is InChI=1S/C16H19ClN4OS/c1-3-18-11(2)10-19-16(22)13-8-9-15(21-20-13)23-14-7-5-4-6-12(14)17/h4-9,11,18H,3,10H2,1-2H3,(H,19,22)/t11-/m1/s1. The number of carbonyl (C=O) groups excluding carboxylic acids is 1. The number of hydrogen-bond donors (Lipinski definition) is 2. The molecule has 0 fully saturated rings. The number of rotatable bonds is 7. The van der Waals surface area contributed by atoms with Crippen molar-refractivity contribution in [2.45, 2.75) is 29.8 Å². The molecule has 2 N–H and O–H groups in total. The first-order valence-corrected chi connectivity index (χ1v) is 8.57. The fraction of sp³-hybridized carbons (Fsp3) is 0.312. The molecular weight excluding hydrogens is 332 g/mol. The van der Waals surface area contributed by atoms with Crippen molar-refractivity contribution in [2.24, 2.45) is 0 Å². The summed E-state index contributed by atoms with van der Waals surface area (Å²) < 4.78 is 0. The lowest BCUT2D eigenvalue weighted by Crippen LogP contribution is -2.39. The summed E-state index contributed by atoms with van der Waals surface area (Å²) in [6.45, 7) is 5.45. The van der Waals surface area contributed by atoms with E-state index in [0.717, 1.165) is 11.4 Å². The van der Waals surface area contributed by atoms with E-state index >= 15 is 0 Å². The number of nitrogens with zero attached hydrogens (tertiary/aromatic N) is 2. The lowest BCUT2D eigenvalue weighted by Gasteiger charge is -2.12. The molecule has 2 aromatic rings. The fourth-order valence-corrected chi connectivity index (χ4v) is 2.90. The zero-order valence-corrected chi connectivity index (χ0v) is 14.6. The minimum Gasteiger partial charge on any atom is -0.349 e. The van der Waals surface area contributed by atoms with Crippen LogP contribution in [-0.4, -0.2) is 35.2 Å². The summed E-state index contributed by atoms with van der Waals surface area (Å²) >= 11 is 7.53. The highest BCUT2D eigenvalue weighted by molar-refractivity contribution is 7.99. The highest BCUT2D eigenvalue weighted by Crippen LogP contribution is 2.31. The highest BCUT2D eigenvalue weighted by Gasteiger charge is 2.10. The molecule has 5 nitrogen and oxygen atoms in total. The molecule has 7 heteroatoms. The molecule has 0 aliphatic heterocycles. The minimum absolute atomic E-state index is 0.215. The Labute approximate surface area is 145 Å². The van der Waals surface area contributed by atoms with Gasteiger partial charge in [-0.3, -0.25) is 4.79 Å². The normalized spacial score (nSPS) is 12.0. The van der Waals surface area contributed by atoms with Gasteiger partial charge in [-0.1, -0.05) is 42.4 Å². The van der Waals surface area contributed by atoms with Crippen LogP contribution in [0.2, 0.25) is 5.02 Å². The van der Waals surface area contributed by atoms with Gasteiger partial charge in [-0.15, -0.1) is 10.2 Å². The molecule has 0 spiro atoms. The molecule has 1 aromatic heterocycles. The third-order valence-electron chi connectivity index (χ3n) is 3.05. The minimum atomic E-state index is -0.225. The van der Waals surface area contributed by atoms with Crippen LogP contribution in [0.4, 0.5) is 0 Å². The van der Waals surface area contributed by atoms with Gasteiger partial charge in [0.2, 0.25) is 0 Å². The Bertz CT molecular complexity index is 651. The average Bonchev–Trinajstić information content (AvgIpc) is 2.56. The van der Waals surface area contributed by atoms with E-state index in [1.165, 1.54) is 11.8 Å². The molecule has 23 heavy (non-hydrogen) atoms. The van der Waals surface area contributed by atoms with Crippen LogP contribution in [0.5, 0.6) is 0 Å². The number of hydrogen-bond acceptors (Lipinski definition) is 5. The van der Waals surface area contributed by atoms with Crippen molar-refractivity contribution >= 4 is 29.3 Å². The lowest BCUT2D eigenvalue weighted by molar-refractivity contribution is 0.0944. The van der Waals surface area contributed by atoms with Gasteiger partial charge in [0.15, 0.2) is 5.69 Å². The van der Waals surface area contributed by atoms with Crippen LogP contribution in [0.1, 0.15) is 24.3 Å². The van der Waals surface area contributed by atoms with Crippen LogP contribution < -0.4 is 10.6 Å². The first kappa shape index (κ1) is 17.7. The second-order valence-corrected chi connectivity index (χ2v) is 6.43. The van der Waals surface area contributed by atoms with E-state index in [1.807, 2.05) is 38.1 Å². The summed E-state index contributed by atoms with van der Waals surface area (Å²) in [5.74, 6) is -0.225. The number of likely N-dealkylation sites (N-methyl/N-ethyl adjacent to an activating group) is 1. The second-order valence-electron chi connectivity index (χ2n) is 4.96. The molecule has 122 valence electrons. The van der Waals surface area contributed by atoms with Gasteiger partial charge in [0.1, 0.15) is 5.03 Å². The van der Waals surface area contributed by atoms with Crippen molar-refractivity contribution in [3.05, 3.63) is 47.1 Å². The van der Waals surface area contributed by atoms with Crippen LogP contribution in [0, 0.1) is 0 Å². The summed E-state index contributed by atoms with van der Waals surface area (Å²) in [5.41, 5.74) is 0.303. The Balaban J connectivity index is 1.94. The summed E-state index contributed by atoms with van der Waals surface area (Å²) in [6, 6.07) is 11.2.